The van der Waals surface area contributed by atoms with Crippen LogP contribution in [0.3, 0.4) is 0 Å². The molecule has 28 heavy (non-hydrogen) atoms. The van der Waals surface area contributed by atoms with Crippen molar-refractivity contribution in [3.63, 3.8) is 0 Å². The molecule has 1 heterocycles. The van der Waals surface area contributed by atoms with Crippen LogP contribution < -0.4 is 10.1 Å². The first-order valence-electron chi connectivity index (χ1n) is 8.96. The SMILES string of the molecule is CCOC(=O)c1c(-c2ccccc2)csc1NC(=O)[C@@H](C)Oc1ccccc1. The molecule has 0 fully saturated rings. The lowest BCUT2D eigenvalue weighted by Gasteiger charge is -2.15. The summed E-state index contributed by atoms with van der Waals surface area (Å²) in [7, 11) is 0. The van der Waals surface area contributed by atoms with E-state index in [1.807, 2.05) is 53.9 Å². The third-order valence-corrected chi connectivity index (χ3v) is 4.91. The van der Waals surface area contributed by atoms with Gasteiger partial charge in [0, 0.05) is 10.9 Å². The van der Waals surface area contributed by atoms with Crippen molar-refractivity contribution in [2.45, 2.75) is 20.0 Å². The third-order valence-electron chi connectivity index (χ3n) is 4.02. The fourth-order valence-corrected chi connectivity index (χ4v) is 3.62. The van der Waals surface area contributed by atoms with E-state index < -0.39 is 12.1 Å². The van der Waals surface area contributed by atoms with E-state index in [0.717, 1.165) is 11.1 Å². The molecule has 1 N–H and O–H groups in total. The van der Waals surface area contributed by atoms with Gasteiger partial charge in [0.2, 0.25) is 0 Å². The van der Waals surface area contributed by atoms with Crippen molar-refractivity contribution in [3.05, 3.63) is 71.6 Å². The molecule has 0 aliphatic carbocycles. The lowest BCUT2D eigenvalue weighted by molar-refractivity contribution is -0.122. The number of carbonyl (C=O) groups excluding carboxylic acids is 2. The summed E-state index contributed by atoms with van der Waals surface area (Å²) in [6, 6.07) is 18.7. The Labute approximate surface area is 167 Å². The summed E-state index contributed by atoms with van der Waals surface area (Å²) in [5.41, 5.74) is 1.98. The second-order valence-corrected chi connectivity index (χ2v) is 6.88. The number of ether oxygens (including phenoxy) is 2. The molecule has 0 spiro atoms. The molecule has 1 amide bonds. The van der Waals surface area contributed by atoms with Crippen LogP contribution in [0.2, 0.25) is 0 Å². The van der Waals surface area contributed by atoms with E-state index in [4.69, 9.17) is 9.47 Å². The van der Waals surface area contributed by atoms with E-state index in [-0.39, 0.29) is 12.5 Å². The maximum absolute atomic E-state index is 12.6. The Kier molecular flexibility index (Phi) is 6.45. The minimum atomic E-state index is -0.722. The molecule has 5 nitrogen and oxygen atoms in total. The molecule has 3 aromatic rings. The molecule has 1 aromatic heterocycles. The van der Waals surface area contributed by atoms with Gasteiger partial charge in [-0.2, -0.15) is 0 Å². The molecular weight excluding hydrogens is 374 g/mol. The average molecular weight is 395 g/mol. The maximum Gasteiger partial charge on any atom is 0.341 e. The number of esters is 1. The predicted molar refractivity (Wildman–Crippen MR) is 111 cm³/mol. The van der Waals surface area contributed by atoms with Crippen LogP contribution >= 0.6 is 11.3 Å². The zero-order chi connectivity index (χ0) is 19.9. The number of amides is 1. The number of hydrogen-bond acceptors (Lipinski definition) is 5. The van der Waals surface area contributed by atoms with Crippen molar-refractivity contribution >= 4 is 28.2 Å². The molecule has 0 unspecified atom stereocenters. The molecule has 0 saturated carbocycles. The Morgan fingerprint density at radius 1 is 1.04 bits per heavy atom. The van der Waals surface area contributed by atoms with Gasteiger partial charge in [0.05, 0.1) is 6.61 Å². The number of hydrogen-bond donors (Lipinski definition) is 1. The molecule has 0 saturated heterocycles. The molecule has 0 bridgehead atoms. The van der Waals surface area contributed by atoms with Crippen LogP contribution in [0.25, 0.3) is 11.1 Å². The summed E-state index contributed by atoms with van der Waals surface area (Å²) in [5.74, 6) is -0.197. The van der Waals surface area contributed by atoms with Crippen molar-refractivity contribution < 1.29 is 19.1 Å². The highest BCUT2D eigenvalue weighted by Gasteiger charge is 2.24. The van der Waals surface area contributed by atoms with Gasteiger partial charge in [-0.25, -0.2) is 4.79 Å². The summed E-state index contributed by atoms with van der Waals surface area (Å²) in [5, 5.41) is 5.11. The Morgan fingerprint density at radius 3 is 2.32 bits per heavy atom. The van der Waals surface area contributed by atoms with Crippen LogP contribution in [0.15, 0.2) is 66.0 Å². The van der Waals surface area contributed by atoms with Gasteiger partial charge in [0.1, 0.15) is 16.3 Å². The van der Waals surface area contributed by atoms with Gasteiger partial charge in [-0.05, 0) is 31.5 Å². The molecule has 2 aromatic carbocycles. The number of thiophene rings is 1. The number of para-hydroxylation sites is 1. The van der Waals surface area contributed by atoms with Crippen LogP contribution in [0.5, 0.6) is 5.75 Å². The summed E-state index contributed by atoms with van der Waals surface area (Å²) in [4.78, 5) is 25.2. The summed E-state index contributed by atoms with van der Waals surface area (Å²) in [6.45, 7) is 3.67. The van der Waals surface area contributed by atoms with Crippen molar-refractivity contribution in [1.82, 2.24) is 0 Å². The van der Waals surface area contributed by atoms with E-state index in [0.29, 0.717) is 16.3 Å². The van der Waals surface area contributed by atoms with E-state index in [1.165, 1.54) is 11.3 Å². The predicted octanol–water partition coefficient (Wildman–Crippen LogP) is 5.00. The number of carbonyl (C=O) groups is 2. The van der Waals surface area contributed by atoms with Gasteiger partial charge in [-0.3, -0.25) is 4.79 Å². The molecule has 144 valence electrons. The maximum atomic E-state index is 12.6. The molecule has 0 aliphatic heterocycles. The monoisotopic (exact) mass is 395 g/mol. The smallest absolute Gasteiger partial charge is 0.341 e. The van der Waals surface area contributed by atoms with Crippen molar-refractivity contribution in [2.75, 3.05) is 11.9 Å². The number of benzene rings is 2. The van der Waals surface area contributed by atoms with Crippen molar-refractivity contribution in [2.24, 2.45) is 0 Å². The third kappa shape index (κ3) is 4.58. The number of rotatable bonds is 7. The first kappa shape index (κ1) is 19.6. The topological polar surface area (TPSA) is 64.6 Å². The lowest BCUT2D eigenvalue weighted by Crippen LogP contribution is -2.30. The van der Waals surface area contributed by atoms with Gasteiger partial charge >= 0.3 is 5.97 Å². The Morgan fingerprint density at radius 2 is 1.68 bits per heavy atom. The molecule has 0 aliphatic rings. The van der Waals surface area contributed by atoms with Gasteiger partial charge in [-0.1, -0.05) is 48.5 Å². The highest BCUT2D eigenvalue weighted by Crippen LogP contribution is 2.36. The minimum absolute atomic E-state index is 0.254. The fraction of sp³-hybridized carbons (Fsp3) is 0.182. The highest BCUT2D eigenvalue weighted by atomic mass is 32.1. The van der Waals surface area contributed by atoms with Gasteiger partial charge in [-0.15, -0.1) is 11.3 Å². The van der Waals surface area contributed by atoms with Crippen LogP contribution in [0.1, 0.15) is 24.2 Å². The summed E-state index contributed by atoms with van der Waals surface area (Å²) < 4.78 is 10.9. The highest BCUT2D eigenvalue weighted by molar-refractivity contribution is 7.15. The molecule has 0 radical (unpaired) electrons. The fourth-order valence-electron chi connectivity index (χ4n) is 2.66. The second-order valence-electron chi connectivity index (χ2n) is 6.00. The molecule has 1 atom stereocenters. The van der Waals surface area contributed by atoms with Crippen LogP contribution in [0, 0.1) is 0 Å². The zero-order valence-corrected chi connectivity index (χ0v) is 16.5. The Hall–Kier alpha value is -3.12. The van der Waals surface area contributed by atoms with Crippen LogP contribution in [-0.4, -0.2) is 24.6 Å². The quantitative estimate of drug-likeness (QED) is 0.572. The first-order valence-corrected chi connectivity index (χ1v) is 9.84. The van der Waals surface area contributed by atoms with Gasteiger partial charge < -0.3 is 14.8 Å². The minimum Gasteiger partial charge on any atom is -0.481 e. The molecular formula is C22H21NO4S. The number of nitrogens with one attached hydrogen (secondary N) is 1. The average Bonchev–Trinajstić information content (AvgIpc) is 3.13. The summed E-state index contributed by atoms with van der Waals surface area (Å²) >= 11 is 1.29. The van der Waals surface area contributed by atoms with Crippen LogP contribution in [-0.2, 0) is 9.53 Å². The summed E-state index contributed by atoms with van der Waals surface area (Å²) in [6.07, 6.45) is -0.722. The first-order chi connectivity index (χ1) is 13.6. The lowest BCUT2D eigenvalue weighted by atomic mass is 10.0. The zero-order valence-electron chi connectivity index (χ0n) is 15.7. The number of anilines is 1. The molecule has 3 rings (SSSR count). The van der Waals surface area contributed by atoms with Crippen LogP contribution in [0.4, 0.5) is 5.00 Å². The van der Waals surface area contributed by atoms with Gasteiger partial charge in [0.15, 0.2) is 6.10 Å². The largest absolute Gasteiger partial charge is 0.481 e. The Balaban J connectivity index is 1.84. The van der Waals surface area contributed by atoms with E-state index in [9.17, 15) is 9.59 Å². The van der Waals surface area contributed by atoms with Crippen molar-refractivity contribution in [1.29, 1.82) is 0 Å². The van der Waals surface area contributed by atoms with E-state index >= 15 is 0 Å². The van der Waals surface area contributed by atoms with Gasteiger partial charge in [0.25, 0.3) is 5.91 Å². The second kappa shape index (κ2) is 9.19. The Bertz CT molecular complexity index is 938. The molecule has 6 heteroatoms. The van der Waals surface area contributed by atoms with E-state index in [2.05, 4.69) is 5.32 Å². The normalized spacial score (nSPS) is 11.5. The standard InChI is InChI=1S/C22H21NO4S/c1-3-26-22(25)19-18(16-10-6-4-7-11-16)14-28-21(19)23-20(24)15(2)27-17-12-8-5-9-13-17/h4-15H,3H2,1-2H3,(H,23,24)/t15-/m1/s1. The van der Waals surface area contributed by atoms with E-state index in [1.54, 1.807) is 26.0 Å². The van der Waals surface area contributed by atoms with Crippen molar-refractivity contribution in [3.8, 4) is 16.9 Å².